The summed E-state index contributed by atoms with van der Waals surface area (Å²) in [4.78, 5) is 22.0. The molecule has 1 aromatic rings. The Kier molecular flexibility index (Phi) is 4.60. The predicted molar refractivity (Wildman–Crippen MR) is 62.5 cm³/mol. The number of carbonyl (C=O) groups excluding carboxylic acids is 2. The molecule has 3 N–H and O–H groups in total. The van der Waals surface area contributed by atoms with Crippen LogP contribution in [0.2, 0.25) is 5.02 Å². The molecule has 0 bridgehead atoms. The number of anilines is 1. The highest BCUT2D eigenvalue weighted by Gasteiger charge is 2.06. The standard InChI is InChI=1S/C10H12ClN3O2/c1-12-10(16)14-9(15)6-13-8-5-3-2-4-7(8)11/h2-5,13H,6H2,1H3,(H2,12,14,15,16). The lowest BCUT2D eigenvalue weighted by molar-refractivity contribution is -0.118. The van der Waals surface area contributed by atoms with Gasteiger partial charge in [0, 0.05) is 7.05 Å². The molecule has 0 heterocycles. The zero-order valence-electron chi connectivity index (χ0n) is 8.71. The van der Waals surface area contributed by atoms with Gasteiger partial charge in [0.05, 0.1) is 17.3 Å². The molecule has 6 heteroatoms. The molecule has 5 nitrogen and oxygen atoms in total. The Morgan fingerprint density at radius 2 is 2.00 bits per heavy atom. The first-order valence-corrected chi connectivity index (χ1v) is 5.01. The molecular weight excluding hydrogens is 230 g/mol. The molecule has 0 saturated carbocycles. The van der Waals surface area contributed by atoms with Gasteiger partial charge in [-0.15, -0.1) is 0 Å². The second kappa shape index (κ2) is 5.97. The van der Waals surface area contributed by atoms with Gasteiger partial charge in [0.1, 0.15) is 0 Å². The highest BCUT2D eigenvalue weighted by molar-refractivity contribution is 6.33. The van der Waals surface area contributed by atoms with Crippen LogP contribution in [-0.2, 0) is 4.79 Å². The van der Waals surface area contributed by atoms with Crippen LogP contribution in [0.25, 0.3) is 0 Å². The van der Waals surface area contributed by atoms with Gasteiger partial charge in [0.25, 0.3) is 0 Å². The Bertz CT molecular complexity index is 395. The number of imide groups is 1. The number of benzene rings is 1. The van der Waals surface area contributed by atoms with Crippen LogP contribution in [0, 0.1) is 0 Å². The number of carbonyl (C=O) groups is 2. The average molecular weight is 242 g/mol. The van der Waals surface area contributed by atoms with E-state index in [-0.39, 0.29) is 6.54 Å². The Morgan fingerprint density at radius 3 is 2.62 bits per heavy atom. The predicted octanol–water partition coefficient (Wildman–Crippen LogP) is 1.21. The van der Waals surface area contributed by atoms with Crippen molar-refractivity contribution in [2.75, 3.05) is 18.9 Å². The molecule has 0 aliphatic heterocycles. The van der Waals surface area contributed by atoms with Crippen LogP contribution in [0.3, 0.4) is 0 Å². The average Bonchev–Trinajstić information content (AvgIpc) is 2.28. The number of rotatable bonds is 3. The highest BCUT2D eigenvalue weighted by atomic mass is 35.5. The molecule has 16 heavy (non-hydrogen) atoms. The Balaban J connectivity index is 2.43. The summed E-state index contributed by atoms with van der Waals surface area (Å²) in [6, 6.07) is 6.50. The van der Waals surface area contributed by atoms with Crippen LogP contribution in [-0.4, -0.2) is 25.5 Å². The second-order valence-corrected chi connectivity index (χ2v) is 3.37. The summed E-state index contributed by atoms with van der Waals surface area (Å²) in [5.41, 5.74) is 0.649. The summed E-state index contributed by atoms with van der Waals surface area (Å²) in [7, 11) is 1.43. The lowest BCUT2D eigenvalue weighted by Gasteiger charge is -2.07. The summed E-state index contributed by atoms with van der Waals surface area (Å²) in [6.07, 6.45) is 0. The van der Waals surface area contributed by atoms with Crippen LogP contribution in [0.15, 0.2) is 24.3 Å². The van der Waals surface area contributed by atoms with E-state index >= 15 is 0 Å². The molecule has 0 aliphatic rings. The third kappa shape index (κ3) is 3.78. The first-order valence-electron chi connectivity index (χ1n) is 4.63. The van der Waals surface area contributed by atoms with Crippen molar-refractivity contribution in [1.29, 1.82) is 0 Å². The molecule has 0 radical (unpaired) electrons. The fourth-order valence-corrected chi connectivity index (χ4v) is 1.22. The topological polar surface area (TPSA) is 70.2 Å². The summed E-state index contributed by atoms with van der Waals surface area (Å²) < 4.78 is 0. The van der Waals surface area contributed by atoms with E-state index in [4.69, 9.17) is 11.6 Å². The van der Waals surface area contributed by atoms with Crippen LogP contribution in [0.1, 0.15) is 0 Å². The summed E-state index contributed by atoms with van der Waals surface area (Å²) >= 11 is 5.87. The van der Waals surface area contributed by atoms with Gasteiger partial charge in [-0.2, -0.15) is 0 Å². The minimum atomic E-state index is -0.536. The van der Waals surface area contributed by atoms with Gasteiger partial charge in [0.2, 0.25) is 5.91 Å². The van der Waals surface area contributed by atoms with E-state index in [1.54, 1.807) is 24.3 Å². The van der Waals surface area contributed by atoms with E-state index in [9.17, 15) is 9.59 Å². The molecule has 0 aromatic heterocycles. The first-order chi connectivity index (χ1) is 7.63. The van der Waals surface area contributed by atoms with Crippen molar-refractivity contribution in [3.05, 3.63) is 29.3 Å². The maximum Gasteiger partial charge on any atom is 0.321 e. The van der Waals surface area contributed by atoms with E-state index < -0.39 is 11.9 Å². The lowest BCUT2D eigenvalue weighted by atomic mass is 10.3. The van der Waals surface area contributed by atoms with Gasteiger partial charge in [-0.05, 0) is 12.1 Å². The third-order valence-corrected chi connectivity index (χ3v) is 2.12. The van der Waals surface area contributed by atoms with E-state index in [0.29, 0.717) is 10.7 Å². The molecule has 1 aromatic carbocycles. The van der Waals surface area contributed by atoms with Crippen LogP contribution >= 0.6 is 11.6 Å². The number of nitrogens with one attached hydrogen (secondary N) is 3. The van der Waals surface area contributed by atoms with E-state index in [1.165, 1.54) is 7.05 Å². The number of urea groups is 1. The molecule has 86 valence electrons. The highest BCUT2D eigenvalue weighted by Crippen LogP contribution is 2.19. The molecule has 0 fully saturated rings. The van der Waals surface area contributed by atoms with Gasteiger partial charge in [-0.1, -0.05) is 23.7 Å². The molecule has 0 unspecified atom stereocenters. The van der Waals surface area contributed by atoms with Gasteiger partial charge < -0.3 is 10.6 Å². The van der Waals surface area contributed by atoms with Crippen molar-refractivity contribution in [3.63, 3.8) is 0 Å². The number of hydrogen-bond acceptors (Lipinski definition) is 3. The van der Waals surface area contributed by atoms with Crippen molar-refractivity contribution >= 4 is 29.2 Å². The van der Waals surface area contributed by atoms with Crippen molar-refractivity contribution in [2.24, 2.45) is 0 Å². The third-order valence-electron chi connectivity index (χ3n) is 1.79. The van der Waals surface area contributed by atoms with E-state index in [0.717, 1.165) is 0 Å². The molecule has 0 saturated heterocycles. The van der Waals surface area contributed by atoms with E-state index in [2.05, 4.69) is 16.0 Å². The molecular formula is C10H12ClN3O2. The quantitative estimate of drug-likeness (QED) is 0.745. The zero-order chi connectivity index (χ0) is 12.0. The fourth-order valence-electron chi connectivity index (χ4n) is 1.01. The Morgan fingerprint density at radius 1 is 1.31 bits per heavy atom. The Labute approximate surface area is 98.2 Å². The van der Waals surface area contributed by atoms with Crippen molar-refractivity contribution in [1.82, 2.24) is 10.6 Å². The minimum Gasteiger partial charge on any atom is -0.375 e. The van der Waals surface area contributed by atoms with Gasteiger partial charge >= 0.3 is 6.03 Å². The normalized spacial score (nSPS) is 9.38. The van der Waals surface area contributed by atoms with Crippen molar-refractivity contribution in [3.8, 4) is 0 Å². The number of hydrogen-bond donors (Lipinski definition) is 3. The fraction of sp³-hybridized carbons (Fsp3) is 0.200. The lowest BCUT2D eigenvalue weighted by Crippen LogP contribution is -2.40. The van der Waals surface area contributed by atoms with Gasteiger partial charge in [-0.3, -0.25) is 10.1 Å². The minimum absolute atomic E-state index is 0.0167. The van der Waals surface area contributed by atoms with Crippen LogP contribution in [0.5, 0.6) is 0 Å². The zero-order valence-corrected chi connectivity index (χ0v) is 9.47. The molecule has 3 amide bonds. The largest absolute Gasteiger partial charge is 0.375 e. The van der Waals surface area contributed by atoms with Gasteiger partial charge in [0.15, 0.2) is 0 Å². The summed E-state index contributed by atoms with van der Waals surface area (Å²) in [5.74, 6) is -0.431. The van der Waals surface area contributed by atoms with Crippen molar-refractivity contribution < 1.29 is 9.59 Å². The monoisotopic (exact) mass is 241 g/mol. The number of amides is 3. The second-order valence-electron chi connectivity index (χ2n) is 2.96. The molecule has 0 spiro atoms. The van der Waals surface area contributed by atoms with Crippen LogP contribution in [0.4, 0.5) is 10.5 Å². The Hall–Kier alpha value is -1.75. The van der Waals surface area contributed by atoms with E-state index in [1.807, 2.05) is 0 Å². The van der Waals surface area contributed by atoms with Gasteiger partial charge in [-0.25, -0.2) is 4.79 Å². The number of halogens is 1. The smallest absolute Gasteiger partial charge is 0.321 e. The molecule has 0 aliphatic carbocycles. The molecule has 1 rings (SSSR count). The van der Waals surface area contributed by atoms with Crippen molar-refractivity contribution in [2.45, 2.75) is 0 Å². The maximum absolute atomic E-state index is 11.2. The summed E-state index contributed by atoms with van der Waals surface area (Å²) in [5, 5.41) is 7.75. The molecule has 0 atom stereocenters. The summed E-state index contributed by atoms with van der Waals surface area (Å²) in [6.45, 7) is -0.0167. The van der Waals surface area contributed by atoms with Crippen LogP contribution < -0.4 is 16.0 Å². The maximum atomic E-state index is 11.2. The number of para-hydroxylation sites is 1. The SMILES string of the molecule is CNC(=O)NC(=O)CNc1ccccc1Cl. The first kappa shape index (κ1) is 12.3.